The van der Waals surface area contributed by atoms with Crippen molar-refractivity contribution in [2.45, 2.75) is 19.5 Å². The lowest BCUT2D eigenvalue weighted by Gasteiger charge is -2.18. The summed E-state index contributed by atoms with van der Waals surface area (Å²) in [6.07, 6.45) is 0. The van der Waals surface area contributed by atoms with Gasteiger partial charge in [-0.1, -0.05) is 42.5 Å². The van der Waals surface area contributed by atoms with Crippen LogP contribution in [-0.2, 0) is 6.54 Å². The number of benzene rings is 3. The number of rotatable bonds is 7. The molecule has 0 aliphatic carbocycles. The van der Waals surface area contributed by atoms with Crippen molar-refractivity contribution < 1.29 is 14.2 Å². The largest absolute Gasteiger partial charge is 0.493 e. The highest BCUT2D eigenvalue weighted by atomic mass is 16.5. The predicted molar refractivity (Wildman–Crippen MR) is 105 cm³/mol. The molecule has 26 heavy (non-hydrogen) atoms. The first-order chi connectivity index (χ1) is 12.7. The van der Waals surface area contributed by atoms with Gasteiger partial charge >= 0.3 is 0 Å². The second-order valence-corrected chi connectivity index (χ2v) is 6.20. The fourth-order valence-electron chi connectivity index (χ4n) is 3.25. The van der Waals surface area contributed by atoms with Gasteiger partial charge in [0, 0.05) is 12.6 Å². The van der Waals surface area contributed by atoms with Crippen LogP contribution in [0, 0.1) is 0 Å². The summed E-state index contributed by atoms with van der Waals surface area (Å²) in [7, 11) is 4.88. The van der Waals surface area contributed by atoms with Gasteiger partial charge in [-0.15, -0.1) is 0 Å². The minimum atomic E-state index is 0.209. The van der Waals surface area contributed by atoms with E-state index in [1.54, 1.807) is 21.3 Å². The van der Waals surface area contributed by atoms with E-state index in [-0.39, 0.29) is 6.04 Å². The Labute approximate surface area is 154 Å². The van der Waals surface area contributed by atoms with E-state index in [2.05, 4.69) is 54.7 Å². The first kappa shape index (κ1) is 18.1. The molecule has 3 rings (SSSR count). The highest BCUT2D eigenvalue weighted by molar-refractivity contribution is 5.86. The lowest BCUT2D eigenvalue weighted by molar-refractivity contribution is 0.323. The maximum absolute atomic E-state index is 5.44. The van der Waals surface area contributed by atoms with Gasteiger partial charge in [0.1, 0.15) is 0 Å². The minimum absolute atomic E-state index is 0.209. The molecule has 0 heterocycles. The lowest BCUT2D eigenvalue weighted by atomic mass is 9.99. The van der Waals surface area contributed by atoms with Crippen LogP contribution in [0.4, 0.5) is 0 Å². The molecule has 3 aromatic rings. The van der Waals surface area contributed by atoms with Gasteiger partial charge in [0.2, 0.25) is 5.75 Å². The molecule has 4 heteroatoms. The Balaban J connectivity index is 1.82. The smallest absolute Gasteiger partial charge is 0.203 e. The predicted octanol–water partition coefficient (Wildman–Crippen LogP) is 4.72. The molecular weight excluding hydrogens is 326 g/mol. The number of nitrogens with one attached hydrogen (secondary N) is 1. The standard InChI is InChI=1S/C22H25NO3/c1-15(18-11-7-9-17-8-5-6-10-19(17)18)23-14-16-12-20(24-2)22(26-4)21(13-16)25-3/h5-13,15,23H,14H2,1-4H3/t15-/m1/s1. The fraction of sp³-hybridized carbons (Fsp3) is 0.273. The van der Waals surface area contributed by atoms with Gasteiger partial charge < -0.3 is 19.5 Å². The molecule has 0 aliphatic rings. The monoisotopic (exact) mass is 351 g/mol. The number of ether oxygens (including phenoxy) is 3. The third kappa shape index (κ3) is 3.60. The molecule has 0 bridgehead atoms. The van der Waals surface area contributed by atoms with Gasteiger partial charge in [-0.05, 0) is 41.0 Å². The molecule has 0 aromatic heterocycles. The Kier molecular flexibility index (Phi) is 5.64. The summed E-state index contributed by atoms with van der Waals surface area (Å²) in [6.45, 7) is 2.88. The molecule has 0 aliphatic heterocycles. The number of fused-ring (bicyclic) bond motifs is 1. The van der Waals surface area contributed by atoms with Gasteiger partial charge in [-0.2, -0.15) is 0 Å². The average Bonchev–Trinajstić information content (AvgIpc) is 2.70. The number of hydrogen-bond donors (Lipinski definition) is 1. The normalized spacial score (nSPS) is 12.0. The molecule has 1 N–H and O–H groups in total. The third-order valence-electron chi connectivity index (χ3n) is 4.63. The van der Waals surface area contributed by atoms with Gasteiger partial charge in [0.05, 0.1) is 21.3 Å². The third-order valence-corrected chi connectivity index (χ3v) is 4.63. The molecule has 3 aromatic carbocycles. The highest BCUT2D eigenvalue weighted by Gasteiger charge is 2.14. The van der Waals surface area contributed by atoms with Crippen LogP contribution >= 0.6 is 0 Å². The van der Waals surface area contributed by atoms with Gasteiger partial charge in [-0.25, -0.2) is 0 Å². The Hall–Kier alpha value is -2.72. The van der Waals surface area contributed by atoms with E-state index in [0.717, 1.165) is 5.56 Å². The van der Waals surface area contributed by atoms with Crippen LogP contribution in [0.1, 0.15) is 24.1 Å². The summed E-state index contributed by atoms with van der Waals surface area (Å²) in [5, 5.41) is 6.13. The molecule has 0 amide bonds. The molecule has 4 nitrogen and oxygen atoms in total. The van der Waals surface area contributed by atoms with Crippen molar-refractivity contribution in [3.05, 3.63) is 65.7 Å². The molecule has 1 atom stereocenters. The maximum Gasteiger partial charge on any atom is 0.203 e. The van der Waals surface area contributed by atoms with Crippen molar-refractivity contribution in [3.63, 3.8) is 0 Å². The molecule has 0 saturated carbocycles. The van der Waals surface area contributed by atoms with Gasteiger partial charge in [0.25, 0.3) is 0 Å². The van der Waals surface area contributed by atoms with Crippen LogP contribution in [0.3, 0.4) is 0 Å². The van der Waals surface area contributed by atoms with E-state index < -0.39 is 0 Å². The van der Waals surface area contributed by atoms with Crippen LogP contribution in [0.15, 0.2) is 54.6 Å². The van der Waals surface area contributed by atoms with Crippen molar-refractivity contribution in [3.8, 4) is 17.2 Å². The summed E-state index contributed by atoms with van der Waals surface area (Å²) < 4.78 is 16.3. The van der Waals surface area contributed by atoms with E-state index in [1.807, 2.05) is 12.1 Å². The maximum atomic E-state index is 5.44. The van der Waals surface area contributed by atoms with Crippen molar-refractivity contribution in [2.75, 3.05) is 21.3 Å². The first-order valence-electron chi connectivity index (χ1n) is 8.67. The Bertz CT molecular complexity index is 861. The molecule has 0 radical (unpaired) electrons. The summed E-state index contributed by atoms with van der Waals surface area (Å²) in [4.78, 5) is 0. The Morgan fingerprint density at radius 2 is 1.50 bits per heavy atom. The van der Waals surface area contributed by atoms with Crippen LogP contribution < -0.4 is 19.5 Å². The first-order valence-corrected chi connectivity index (χ1v) is 8.67. The van der Waals surface area contributed by atoms with E-state index in [1.165, 1.54) is 16.3 Å². The van der Waals surface area contributed by atoms with Crippen molar-refractivity contribution in [1.29, 1.82) is 0 Å². The van der Waals surface area contributed by atoms with Gasteiger partial charge in [-0.3, -0.25) is 0 Å². The van der Waals surface area contributed by atoms with Crippen molar-refractivity contribution in [1.82, 2.24) is 5.32 Å². The SMILES string of the molecule is COc1cc(CN[C@H](C)c2cccc3ccccc23)cc(OC)c1OC. The molecule has 136 valence electrons. The van der Waals surface area contributed by atoms with Crippen molar-refractivity contribution in [2.24, 2.45) is 0 Å². The zero-order valence-corrected chi connectivity index (χ0v) is 15.7. The van der Waals surface area contributed by atoms with E-state index in [0.29, 0.717) is 23.8 Å². The van der Waals surface area contributed by atoms with E-state index >= 15 is 0 Å². The zero-order valence-electron chi connectivity index (χ0n) is 15.7. The van der Waals surface area contributed by atoms with Crippen molar-refractivity contribution >= 4 is 10.8 Å². The topological polar surface area (TPSA) is 39.7 Å². The fourth-order valence-corrected chi connectivity index (χ4v) is 3.25. The summed E-state index contributed by atoms with van der Waals surface area (Å²) >= 11 is 0. The average molecular weight is 351 g/mol. The van der Waals surface area contributed by atoms with Crippen LogP contribution in [0.5, 0.6) is 17.2 Å². The zero-order chi connectivity index (χ0) is 18.5. The highest BCUT2D eigenvalue weighted by Crippen LogP contribution is 2.38. The molecule has 0 saturated heterocycles. The Morgan fingerprint density at radius 3 is 2.15 bits per heavy atom. The summed E-state index contributed by atoms with van der Waals surface area (Å²) in [6, 6.07) is 19.1. The summed E-state index contributed by atoms with van der Waals surface area (Å²) in [5.41, 5.74) is 2.36. The summed E-state index contributed by atoms with van der Waals surface area (Å²) in [5.74, 6) is 1.95. The lowest BCUT2D eigenvalue weighted by Crippen LogP contribution is -2.18. The number of hydrogen-bond acceptors (Lipinski definition) is 4. The minimum Gasteiger partial charge on any atom is -0.493 e. The van der Waals surface area contributed by atoms with Crippen LogP contribution in [0.2, 0.25) is 0 Å². The van der Waals surface area contributed by atoms with Gasteiger partial charge in [0.15, 0.2) is 11.5 Å². The second-order valence-electron chi connectivity index (χ2n) is 6.20. The van der Waals surface area contributed by atoms with Crippen LogP contribution in [0.25, 0.3) is 10.8 Å². The Morgan fingerprint density at radius 1 is 0.846 bits per heavy atom. The van der Waals surface area contributed by atoms with Crippen LogP contribution in [-0.4, -0.2) is 21.3 Å². The van der Waals surface area contributed by atoms with E-state index in [9.17, 15) is 0 Å². The molecule has 0 unspecified atom stereocenters. The molecule has 0 fully saturated rings. The van der Waals surface area contributed by atoms with E-state index in [4.69, 9.17) is 14.2 Å². The second kappa shape index (κ2) is 8.11. The molecular formula is C22H25NO3. The number of methoxy groups -OCH3 is 3. The molecule has 0 spiro atoms. The quantitative estimate of drug-likeness (QED) is 0.669.